The maximum atomic E-state index is 13.2. The van der Waals surface area contributed by atoms with Crippen LogP contribution in [0.3, 0.4) is 0 Å². The maximum absolute atomic E-state index is 13.2. The number of morpholine rings is 1. The second-order valence-corrected chi connectivity index (χ2v) is 10.8. The number of amides is 1. The Labute approximate surface area is 232 Å². The molecule has 2 saturated heterocycles. The number of carbonyl (C=O) groups excluding carboxylic acids is 1. The molecule has 2 aromatic heterocycles. The number of aryl methyl sites for hydroxylation is 1. The van der Waals surface area contributed by atoms with E-state index in [4.69, 9.17) is 19.3 Å². The number of anilines is 1. The van der Waals surface area contributed by atoms with Crippen molar-refractivity contribution < 1.29 is 24.1 Å². The molecule has 2 aliphatic heterocycles. The number of hydrogen-bond acceptors (Lipinski definition) is 10. The fourth-order valence-corrected chi connectivity index (χ4v) is 6.29. The van der Waals surface area contributed by atoms with Crippen LogP contribution in [0.4, 0.5) is 5.82 Å². The number of piperidine rings is 1. The summed E-state index contributed by atoms with van der Waals surface area (Å²) >= 11 is 1.45. The van der Waals surface area contributed by atoms with E-state index in [1.54, 1.807) is 6.33 Å². The third-order valence-corrected chi connectivity index (χ3v) is 8.40. The molecular formula is C28H37N5O5S. The molecule has 10 nitrogen and oxygen atoms in total. The molecule has 39 heavy (non-hydrogen) atoms. The minimum Gasteiger partial charge on any atom is -0.490 e. The highest BCUT2D eigenvalue weighted by atomic mass is 32.1. The van der Waals surface area contributed by atoms with Gasteiger partial charge in [-0.3, -0.25) is 9.69 Å². The topological polar surface area (TPSA) is 109 Å². The van der Waals surface area contributed by atoms with Crippen LogP contribution < -0.4 is 14.8 Å². The number of fused-ring (bicyclic) bond motifs is 1. The van der Waals surface area contributed by atoms with Crippen LogP contribution in [0.25, 0.3) is 10.2 Å². The number of thiophene rings is 1. The molecule has 5 rings (SSSR count). The van der Waals surface area contributed by atoms with Crippen molar-refractivity contribution in [2.45, 2.75) is 39.3 Å². The van der Waals surface area contributed by atoms with Crippen LogP contribution >= 0.6 is 11.3 Å². The summed E-state index contributed by atoms with van der Waals surface area (Å²) in [6.07, 6.45) is 3.57. The van der Waals surface area contributed by atoms with E-state index >= 15 is 0 Å². The lowest BCUT2D eigenvalue weighted by atomic mass is 10.0. The van der Waals surface area contributed by atoms with Crippen LogP contribution in [-0.4, -0.2) is 96.0 Å². The summed E-state index contributed by atoms with van der Waals surface area (Å²) in [7, 11) is 0. The van der Waals surface area contributed by atoms with Gasteiger partial charge < -0.3 is 29.5 Å². The van der Waals surface area contributed by atoms with Crippen LogP contribution in [0.1, 0.15) is 40.6 Å². The molecule has 11 heteroatoms. The highest BCUT2D eigenvalue weighted by Gasteiger charge is 2.26. The van der Waals surface area contributed by atoms with Gasteiger partial charge in [0.2, 0.25) is 0 Å². The van der Waals surface area contributed by atoms with E-state index in [9.17, 15) is 4.79 Å². The minimum absolute atomic E-state index is 0.0312. The van der Waals surface area contributed by atoms with E-state index < -0.39 is 0 Å². The fourth-order valence-electron chi connectivity index (χ4n) is 5.18. The predicted octanol–water partition coefficient (Wildman–Crippen LogP) is 3.32. The van der Waals surface area contributed by atoms with Gasteiger partial charge in [-0.15, -0.1) is 11.3 Å². The highest BCUT2D eigenvalue weighted by molar-refractivity contribution is 7.20. The third-order valence-electron chi connectivity index (χ3n) is 7.21. The van der Waals surface area contributed by atoms with Gasteiger partial charge in [0.1, 0.15) is 23.6 Å². The quantitative estimate of drug-likeness (QED) is 0.389. The first kappa shape index (κ1) is 27.6. The summed E-state index contributed by atoms with van der Waals surface area (Å²) in [5.74, 6) is 2.24. The molecule has 1 aromatic carbocycles. The van der Waals surface area contributed by atoms with Crippen molar-refractivity contribution in [3.05, 3.63) is 40.5 Å². The van der Waals surface area contributed by atoms with Crippen molar-refractivity contribution in [3.8, 4) is 11.5 Å². The van der Waals surface area contributed by atoms with Crippen molar-refractivity contribution in [1.29, 1.82) is 0 Å². The average molecular weight is 556 g/mol. The maximum Gasteiger partial charge on any atom is 0.264 e. The number of hydrogen-bond donors (Lipinski definition) is 2. The van der Waals surface area contributed by atoms with Crippen molar-refractivity contribution in [1.82, 2.24) is 19.8 Å². The first-order valence-electron chi connectivity index (χ1n) is 13.7. The summed E-state index contributed by atoms with van der Waals surface area (Å²) in [6, 6.07) is 6.32. The van der Waals surface area contributed by atoms with Gasteiger partial charge in [-0.2, -0.15) is 0 Å². The molecule has 0 spiro atoms. The molecule has 0 aliphatic carbocycles. The largest absolute Gasteiger partial charge is 0.490 e. The van der Waals surface area contributed by atoms with Crippen molar-refractivity contribution >= 4 is 33.3 Å². The molecule has 0 saturated carbocycles. The molecule has 210 valence electrons. The highest BCUT2D eigenvalue weighted by Crippen LogP contribution is 2.35. The Morgan fingerprint density at radius 1 is 1.15 bits per heavy atom. The lowest BCUT2D eigenvalue weighted by molar-refractivity contribution is 0.0306. The Morgan fingerprint density at radius 2 is 1.95 bits per heavy atom. The Bertz CT molecular complexity index is 1270. The Balaban J connectivity index is 1.21. The van der Waals surface area contributed by atoms with Gasteiger partial charge in [0.05, 0.1) is 36.7 Å². The zero-order valence-electron chi connectivity index (χ0n) is 22.6. The Hall–Kier alpha value is -2.99. The number of carbonyl (C=O) groups is 1. The Morgan fingerprint density at radius 3 is 2.69 bits per heavy atom. The smallest absolute Gasteiger partial charge is 0.264 e. The molecule has 0 atom stereocenters. The van der Waals surface area contributed by atoms with Gasteiger partial charge in [0.15, 0.2) is 11.5 Å². The van der Waals surface area contributed by atoms with Crippen LogP contribution in [-0.2, 0) is 11.3 Å². The molecule has 0 unspecified atom stereocenters. The van der Waals surface area contributed by atoms with Gasteiger partial charge in [-0.05, 0) is 49.9 Å². The van der Waals surface area contributed by atoms with Crippen molar-refractivity contribution in [2.24, 2.45) is 0 Å². The van der Waals surface area contributed by atoms with Crippen LogP contribution in [0.2, 0.25) is 0 Å². The van der Waals surface area contributed by atoms with Crippen molar-refractivity contribution in [3.63, 3.8) is 0 Å². The molecule has 3 aromatic rings. The number of nitrogens with one attached hydrogen (secondary N) is 1. The second-order valence-electron chi connectivity index (χ2n) is 9.84. The standard InChI is InChI=1S/C28H37N5O5S/c1-3-37-23-16-20(4-5-22(23)38-15-12-34)17-32-8-6-21(7-9-32)31-26-24-19(2)25(39-27(24)30-18-29-26)28(35)33-10-13-36-14-11-33/h4-5,16,18,21,34H,3,6-15,17H2,1-2H3,(H,29,30,31). The van der Waals surface area contributed by atoms with Gasteiger partial charge in [0, 0.05) is 38.8 Å². The molecule has 0 bridgehead atoms. The monoisotopic (exact) mass is 555 g/mol. The van der Waals surface area contributed by atoms with E-state index in [-0.39, 0.29) is 19.1 Å². The third kappa shape index (κ3) is 6.43. The molecule has 2 aliphatic rings. The summed E-state index contributed by atoms with van der Waals surface area (Å²) in [5, 5.41) is 13.7. The zero-order chi connectivity index (χ0) is 27.2. The lowest BCUT2D eigenvalue weighted by Crippen LogP contribution is -2.40. The lowest BCUT2D eigenvalue weighted by Gasteiger charge is -2.32. The predicted molar refractivity (Wildman–Crippen MR) is 151 cm³/mol. The van der Waals surface area contributed by atoms with E-state index in [0.717, 1.165) is 59.0 Å². The van der Waals surface area contributed by atoms with Crippen LogP contribution in [0.5, 0.6) is 11.5 Å². The molecule has 2 N–H and O–H groups in total. The SMILES string of the molecule is CCOc1cc(CN2CCC(Nc3ncnc4sc(C(=O)N5CCOCC5)c(C)c34)CC2)ccc1OCCO. The van der Waals surface area contributed by atoms with Gasteiger partial charge in [-0.1, -0.05) is 6.07 Å². The summed E-state index contributed by atoms with van der Waals surface area (Å²) < 4.78 is 16.8. The number of ether oxygens (including phenoxy) is 3. The number of benzene rings is 1. The second kappa shape index (κ2) is 12.9. The van der Waals surface area contributed by atoms with E-state index in [1.165, 1.54) is 16.9 Å². The fraction of sp³-hybridized carbons (Fsp3) is 0.536. The first-order valence-corrected chi connectivity index (χ1v) is 14.5. The number of aliphatic hydroxyl groups excluding tert-OH is 1. The summed E-state index contributed by atoms with van der Waals surface area (Å²) in [6.45, 7) is 9.88. The molecule has 2 fully saturated rings. The minimum atomic E-state index is -0.0312. The normalized spacial score (nSPS) is 16.9. The molecule has 0 radical (unpaired) electrons. The number of likely N-dealkylation sites (tertiary alicyclic amines) is 1. The van der Waals surface area contributed by atoms with Gasteiger partial charge in [0.25, 0.3) is 5.91 Å². The van der Waals surface area contributed by atoms with E-state index in [0.29, 0.717) is 50.5 Å². The van der Waals surface area contributed by atoms with Crippen LogP contribution in [0.15, 0.2) is 24.5 Å². The number of aliphatic hydroxyl groups is 1. The van der Waals surface area contributed by atoms with Gasteiger partial charge >= 0.3 is 0 Å². The van der Waals surface area contributed by atoms with Gasteiger partial charge in [-0.25, -0.2) is 9.97 Å². The first-order chi connectivity index (χ1) is 19.1. The molecule has 4 heterocycles. The number of aromatic nitrogens is 2. The molecular weight excluding hydrogens is 518 g/mol. The van der Waals surface area contributed by atoms with E-state index in [1.807, 2.05) is 30.9 Å². The van der Waals surface area contributed by atoms with Crippen molar-refractivity contribution in [2.75, 3.05) is 64.5 Å². The summed E-state index contributed by atoms with van der Waals surface area (Å²) in [5.41, 5.74) is 2.12. The number of nitrogens with zero attached hydrogens (tertiary/aromatic N) is 4. The average Bonchev–Trinajstić information content (AvgIpc) is 3.31. The Kier molecular flexibility index (Phi) is 9.13. The number of rotatable bonds is 10. The molecule has 1 amide bonds. The van der Waals surface area contributed by atoms with E-state index in [2.05, 4.69) is 26.3 Å². The van der Waals surface area contributed by atoms with Crippen LogP contribution in [0, 0.1) is 6.92 Å². The summed E-state index contributed by atoms with van der Waals surface area (Å²) in [4.78, 5) is 28.1. The zero-order valence-corrected chi connectivity index (χ0v) is 23.5.